The van der Waals surface area contributed by atoms with Gasteiger partial charge < -0.3 is 20.5 Å². The van der Waals surface area contributed by atoms with Gasteiger partial charge in [0.15, 0.2) is 0 Å². The number of ether oxygens (including phenoxy) is 1. The van der Waals surface area contributed by atoms with E-state index in [-0.39, 0.29) is 17.4 Å². The molecule has 0 radical (unpaired) electrons. The van der Waals surface area contributed by atoms with E-state index in [1.54, 1.807) is 0 Å². The molecule has 2 aliphatic heterocycles. The van der Waals surface area contributed by atoms with E-state index in [9.17, 15) is 9.90 Å². The Morgan fingerprint density at radius 2 is 2.05 bits per heavy atom. The molecule has 5 heteroatoms. The van der Waals surface area contributed by atoms with Crippen molar-refractivity contribution in [1.29, 1.82) is 0 Å². The Morgan fingerprint density at radius 1 is 1.32 bits per heavy atom. The molecule has 5 nitrogen and oxygen atoms in total. The maximum atomic E-state index is 12.3. The molecule has 3 rings (SSSR count). The molecule has 1 aromatic rings. The fourth-order valence-corrected chi connectivity index (χ4v) is 3.42. The van der Waals surface area contributed by atoms with E-state index in [2.05, 4.69) is 22.8 Å². The zero-order valence-electron chi connectivity index (χ0n) is 12.8. The van der Waals surface area contributed by atoms with Gasteiger partial charge in [0.05, 0.1) is 12.1 Å². The van der Waals surface area contributed by atoms with Crippen LogP contribution in [0.25, 0.3) is 0 Å². The van der Waals surface area contributed by atoms with Crippen LogP contribution in [0.3, 0.4) is 0 Å². The van der Waals surface area contributed by atoms with Crippen LogP contribution in [0.2, 0.25) is 0 Å². The Morgan fingerprint density at radius 3 is 2.68 bits per heavy atom. The maximum Gasteiger partial charge on any atom is 0.237 e. The molecular weight excluding hydrogens is 280 g/mol. The number of carbonyl (C=O) groups is 1. The Balaban J connectivity index is 1.67. The third kappa shape index (κ3) is 3.32. The number of nitrogens with one attached hydrogen (secondary N) is 2. The number of aliphatic hydroxyl groups excluding tert-OH is 1. The van der Waals surface area contributed by atoms with Gasteiger partial charge in [-0.05, 0) is 24.8 Å². The molecule has 0 aromatic heterocycles. The summed E-state index contributed by atoms with van der Waals surface area (Å²) in [4.78, 5) is 12.3. The highest BCUT2D eigenvalue weighted by molar-refractivity contribution is 5.82. The van der Waals surface area contributed by atoms with Gasteiger partial charge in [0.25, 0.3) is 0 Å². The molecule has 3 N–H and O–H groups in total. The van der Waals surface area contributed by atoms with Crippen LogP contribution >= 0.6 is 0 Å². The van der Waals surface area contributed by atoms with Crippen molar-refractivity contribution in [3.8, 4) is 0 Å². The lowest BCUT2D eigenvalue weighted by Crippen LogP contribution is -2.48. The number of hydrogen-bond donors (Lipinski definition) is 3. The number of benzene rings is 1. The van der Waals surface area contributed by atoms with Crippen molar-refractivity contribution in [2.45, 2.75) is 36.8 Å². The van der Waals surface area contributed by atoms with Crippen molar-refractivity contribution in [3.05, 3.63) is 35.9 Å². The summed E-state index contributed by atoms with van der Waals surface area (Å²) in [6.07, 6.45) is 1.91. The molecule has 0 bridgehead atoms. The Bertz CT molecular complexity index is 500. The molecule has 2 aliphatic rings. The summed E-state index contributed by atoms with van der Waals surface area (Å²) in [6.45, 7) is 2.57. The summed E-state index contributed by atoms with van der Waals surface area (Å²) >= 11 is 0. The number of β-amino-alcohol motifs (C(OH)–C–C–N with tert-alkyl or cyclic N) is 1. The van der Waals surface area contributed by atoms with Gasteiger partial charge in [0, 0.05) is 31.7 Å². The van der Waals surface area contributed by atoms with Crippen LogP contribution in [-0.2, 0) is 14.9 Å². The highest BCUT2D eigenvalue weighted by Gasteiger charge is 2.36. The molecule has 0 spiro atoms. The van der Waals surface area contributed by atoms with Crippen LogP contribution in [0.5, 0.6) is 0 Å². The highest BCUT2D eigenvalue weighted by atomic mass is 16.5. The molecular formula is C17H24N2O3. The van der Waals surface area contributed by atoms with Crippen molar-refractivity contribution >= 4 is 5.91 Å². The van der Waals surface area contributed by atoms with Gasteiger partial charge in [0.2, 0.25) is 5.91 Å². The van der Waals surface area contributed by atoms with E-state index in [4.69, 9.17) is 4.74 Å². The number of aliphatic hydroxyl groups is 1. The predicted molar refractivity (Wildman–Crippen MR) is 83.6 cm³/mol. The number of hydrogen-bond acceptors (Lipinski definition) is 4. The van der Waals surface area contributed by atoms with Gasteiger partial charge in [0.1, 0.15) is 0 Å². The normalized spacial score (nSPS) is 27.5. The average Bonchev–Trinajstić information content (AvgIpc) is 3.01. The smallest absolute Gasteiger partial charge is 0.237 e. The van der Waals surface area contributed by atoms with Crippen LogP contribution < -0.4 is 10.6 Å². The summed E-state index contributed by atoms with van der Waals surface area (Å²) in [6, 6.07) is 10.1. The standard InChI is InChI=1S/C17H24N2O3/c20-14-10-15(18-11-14)16(21)19-12-17(6-8-22-9-7-17)13-4-2-1-3-5-13/h1-5,14-15,18,20H,6-12H2,(H,19,21). The van der Waals surface area contributed by atoms with E-state index >= 15 is 0 Å². The van der Waals surface area contributed by atoms with Crippen molar-refractivity contribution in [1.82, 2.24) is 10.6 Å². The first kappa shape index (κ1) is 15.5. The lowest BCUT2D eigenvalue weighted by molar-refractivity contribution is -0.123. The average molecular weight is 304 g/mol. The topological polar surface area (TPSA) is 70.6 Å². The molecule has 2 unspecified atom stereocenters. The van der Waals surface area contributed by atoms with Gasteiger partial charge in [-0.2, -0.15) is 0 Å². The molecule has 2 fully saturated rings. The zero-order chi connectivity index (χ0) is 15.4. The highest BCUT2D eigenvalue weighted by Crippen LogP contribution is 2.34. The van der Waals surface area contributed by atoms with E-state index < -0.39 is 6.10 Å². The molecule has 120 valence electrons. The lowest BCUT2D eigenvalue weighted by atomic mass is 9.74. The fraction of sp³-hybridized carbons (Fsp3) is 0.588. The molecule has 2 saturated heterocycles. The largest absolute Gasteiger partial charge is 0.392 e. The predicted octanol–water partition coefficient (Wildman–Crippen LogP) is 0.574. The first-order valence-electron chi connectivity index (χ1n) is 8.02. The molecule has 1 amide bonds. The van der Waals surface area contributed by atoms with Crippen molar-refractivity contribution in [2.75, 3.05) is 26.3 Å². The Labute approximate surface area is 131 Å². The summed E-state index contributed by atoms with van der Waals surface area (Å²) in [5.74, 6) is -0.0154. The Hall–Kier alpha value is -1.43. The van der Waals surface area contributed by atoms with E-state index in [1.807, 2.05) is 18.2 Å². The number of amides is 1. The summed E-state index contributed by atoms with van der Waals surface area (Å²) in [5.41, 5.74) is 1.21. The van der Waals surface area contributed by atoms with Gasteiger partial charge in [-0.1, -0.05) is 30.3 Å². The Kier molecular flexibility index (Phi) is 4.76. The van der Waals surface area contributed by atoms with E-state index in [0.717, 1.165) is 26.1 Å². The van der Waals surface area contributed by atoms with Crippen LogP contribution in [0.4, 0.5) is 0 Å². The first-order chi connectivity index (χ1) is 10.7. The van der Waals surface area contributed by atoms with Crippen molar-refractivity contribution < 1.29 is 14.6 Å². The quantitative estimate of drug-likeness (QED) is 0.761. The van der Waals surface area contributed by atoms with Gasteiger partial charge in [-0.15, -0.1) is 0 Å². The first-order valence-corrected chi connectivity index (χ1v) is 8.02. The third-order valence-electron chi connectivity index (χ3n) is 4.86. The molecule has 2 heterocycles. The van der Waals surface area contributed by atoms with E-state index in [1.165, 1.54) is 5.56 Å². The summed E-state index contributed by atoms with van der Waals surface area (Å²) < 4.78 is 5.51. The molecule has 22 heavy (non-hydrogen) atoms. The van der Waals surface area contributed by atoms with Crippen LogP contribution in [0, 0.1) is 0 Å². The lowest BCUT2D eigenvalue weighted by Gasteiger charge is -2.38. The fourth-order valence-electron chi connectivity index (χ4n) is 3.42. The summed E-state index contributed by atoms with van der Waals surface area (Å²) in [5, 5.41) is 15.7. The minimum Gasteiger partial charge on any atom is -0.392 e. The number of rotatable bonds is 4. The SMILES string of the molecule is O=C(NCC1(c2ccccc2)CCOCC1)C1CC(O)CN1. The van der Waals surface area contributed by atoms with E-state index in [0.29, 0.717) is 19.5 Å². The number of carbonyl (C=O) groups excluding carboxylic acids is 1. The second-order valence-corrected chi connectivity index (χ2v) is 6.33. The maximum absolute atomic E-state index is 12.3. The summed E-state index contributed by atoms with van der Waals surface area (Å²) in [7, 11) is 0. The van der Waals surface area contributed by atoms with Crippen molar-refractivity contribution in [3.63, 3.8) is 0 Å². The van der Waals surface area contributed by atoms with Crippen LogP contribution in [-0.4, -0.2) is 49.5 Å². The van der Waals surface area contributed by atoms with Gasteiger partial charge >= 0.3 is 0 Å². The molecule has 2 atom stereocenters. The van der Waals surface area contributed by atoms with Gasteiger partial charge in [-0.25, -0.2) is 0 Å². The minimum absolute atomic E-state index is 0.0154. The van der Waals surface area contributed by atoms with Gasteiger partial charge in [-0.3, -0.25) is 4.79 Å². The van der Waals surface area contributed by atoms with Crippen molar-refractivity contribution in [2.24, 2.45) is 0 Å². The molecule has 0 aliphatic carbocycles. The second kappa shape index (κ2) is 6.77. The molecule has 0 saturated carbocycles. The minimum atomic E-state index is -0.415. The molecule has 1 aromatic carbocycles. The third-order valence-corrected chi connectivity index (χ3v) is 4.86. The monoisotopic (exact) mass is 304 g/mol. The van der Waals surface area contributed by atoms with Crippen LogP contribution in [0.15, 0.2) is 30.3 Å². The second-order valence-electron chi connectivity index (χ2n) is 6.33. The van der Waals surface area contributed by atoms with Crippen LogP contribution in [0.1, 0.15) is 24.8 Å². The zero-order valence-corrected chi connectivity index (χ0v) is 12.8.